The van der Waals surface area contributed by atoms with Gasteiger partial charge in [0.05, 0.1) is 11.2 Å². The van der Waals surface area contributed by atoms with E-state index in [2.05, 4.69) is 21.7 Å². The highest BCUT2D eigenvalue weighted by Crippen LogP contribution is 2.41. The molecular formula is C23H32F2N6O. The van der Waals surface area contributed by atoms with E-state index in [0.29, 0.717) is 36.6 Å². The van der Waals surface area contributed by atoms with Crippen LogP contribution < -0.4 is 10.6 Å². The number of fused-ring (bicyclic) bond motifs is 1. The van der Waals surface area contributed by atoms with E-state index in [4.69, 9.17) is 10.7 Å². The molecule has 0 spiro atoms. The first-order valence-corrected chi connectivity index (χ1v) is 11.7. The predicted molar refractivity (Wildman–Crippen MR) is 120 cm³/mol. The number of aromatic nitrogens is 2. The summed E-state index contributed by atoms with van der Waals surface area (Å²) in [7, 11) is 2.16. The number of rotatable bonds is 5. The average Bonchev–Trinajstić information content (AvgIpc) is 3.26. The van der Waals surface area contributed by atoms with E-state index in [9.17, 15) is 13.6 Å². The van der Waals surface area contributed by atoms with Crippen LogP contribution in [0.25, 0.3) is 11.0 Å². The molecule has 3 heterocycles. The second-order valence-corrected chi connectivity index (χ2v) is 9.75. The molecular weight excluding hydrogens is 414 g/mol. The Hall–Kier alpha value is -2.26. The molecule has 2 aliphatic heterocycles. The molecule has 0 bridgehead atoms. The number of amides is 1. The van der Waals surface area contributed by atoms with Gasteiger partial charge in [-0.3, -0.25) is 4.90 Å². The first-order valence-electron chi connectivity index (χ1n) is 11.7. The number of aryl methyl sites for hydroxylation is 1. The Morgan fingerprint density at radius 3 is 2.62 bits per heavy atom. The van der Waals surface area contributed by atoms with Crippen molar-refractivity contribution in [1.29, 1.82) is 0 Å². The van der Waals surface area contributed by atoms with Crippen molar-refractivity contribution in [1.82, 2.24) is 19.4 Å². The lowest BCUT2D eigenvalue weighted by atomic mass is 10.0. The standard InChI is InChI=1S/C23H32F2N6O/c1-28-9-11-29(12-10-28)17-14-30(15-17)18-3-2-4-19-21(18)27-20(31(19)22(26)32)6-5-16-7-8-23(24,25)13-16/h2-4,16-17H,5-15H2,1H3,(H2,26,32). The normalized spacial score (nSPS) is 24.8. The van der Waals surface area contributed by atoms with Crippen LogP contribution in [0.4, 0.5) is 19.3 Å². The van der Waals surface area contributed by atoms with Crippen LogP contribution in [0.5, 0.6) is 0 Å². The van der Waals surface area contributed by atoms with Crippen LogP contribution in [0.3, 0.4) is 0 Å². The summed E-state index contributed by atoms with van der Waals surface area (Å²) < 4.78 is 28.6. The summed E-state index contributed by atoms with van der Waals surface area (Å²) in [5.74, 6) is -2.02. The maximum atomic E-state index is 13.6. The van der Waals surface area contributed by atoms with E-state index >= 15 is 0 Å². The van der Waals surface area contributed by atoms with E-state index in [1.54, 1.807) is 0 Å². The van der Waals surface area contributed by atoms with Crippen molar-refractivity contribution < 1.29 is 13.6 Å². The number of halogens is 2. The van der Waals surface area contributed by atoms with E-state index < -0.39 is 12.0 Å². The van der Waals surface area contributed by atoms with Crippen LogP contribution in [0, 0.1) is 5.92 Å². The van der Waals surface area contributed by atoms with Gasteiger partial charge >= 0.3 is 6.03 Å². The van der Waals surface area contributed by atoms with E-state index in [1.165, 1.54) is 4.57 Å². The van der Waals surface area contributed by atoms with Gasteiger partial charge in [0.1, 0.15) is 11.3 Å². The number of primary amides is 1. The average molecular weight is 447 g/mol. The third kappa shape index (κ3) is 4.08. The molecule has 1 aliphatic carbocycles. The lowest BCUT2D eigenvalue weighted by Gasteiger charge is -2.48. The molecule has 1 aromatic heterocycles. The molecule has 1 amide bonds. The zero-order valence-corrected chi connectivity index (χ0v) is 18.6. The number of para-hydroxylation sites is 1. The summed E-state index contributed by atoms with van der Waals surface area (Å²) in [6.07, 6.45) is 1.48. The van der Waals surface area contributed by atoms with Gasteiger partial charge in [-0.2, -0.15) is 0 Å². The smallest absolute Gasteiger partial charge is 0.324 e. The minimum absolute atomic E-state index is 0.0367. The fourth-order valence-corrected chi connectivity index (χ4v) is 5.49. The lowest BCUT2D eigenvalue weighted by molar-refractivity contribution is 0.00470. The summed E-state index contributed by atoms with van der Waals surface area (Å²) in [5, 5.41) is 0. The van der Waals surface area contributed by atoms with Crippen molar-refractivity contribution in [3.05, 3.63) is 24.0 Å². The van der Waals surface area contributed by atoms with Crippen LogP contribution in [-0.2, 0) is 6.42 Å². The number of carbonyl (C=O) groups excluding carboxylic acids is 1. The van der Waals surface area contributed by atoms with Gasteiger partial charge in [-0.15, -0.1) is 0 Å². The van der Waals surface area contributed by atoms with Crippen LogP contribution in [0.15, 0.2) is 18.2 Å². The summed E-state index contributed by atoms with van der Waals surface area (Å²) in [6, 6.07) is 5.81. The zero-order chi connectivity index (χ0) is 22.5. The van der Waals surface area contributed by atoms with Gasteiger partial charge in [0, 0.05) is 64.6 Å². The molecule has 1 atom stereocenters. The van der Waals surface area contributed by atoms with Crippen LogP contribution >= 0.6 is 0 Å². The fraction of sp³-hybridized carbons (Fsp3) is 0.652. The zero-order valence-electron chi connectivity index (χ0n) is 18.6. The molecule has 1 unspecified atom stereocenters. The van der Waals surface area contributed by atoms with Crippen LogP contribution in [0.1, 0.15) is 31.5 Å². The van der Waals surface area contributed by atoms with Crippen molar-refractivity contribution >= 4 is 22.8 Å². The number of nitrogens with two attached hydrogens (primary N) is 1. The van der Waals surface area contributed by atoms with Crippen molar-refractivity contribution in [3.63, 3.8) is 0 Å². The van der Waals surface area contributed by atoms with Gasteiger partial charge < -0.3 is 15.5 Å². The molecule has 1 aromatic carbocycles. The molecule has 9 heteroatoms. The van der Waals surface area contributed by atoms with E-state index in [-0.39, 0.29) is 18.8 Å². The molecule has 2 N–H and O–H groups in total. The minimum atomic E-state index is -2.56. The first kappa shape index (κ1) is 21.6. The van der Waals surface area contributed by atoms with Crippen molar-refractivity contribution in [3.8, 4) is 0 Å². The quantitative estimate of drug-likeness (QED) is 0.765. The molecule has 2 saturated heterocycles. The molecule has 174 valence electrons. The second kappa shape index (κ2) is 8.26. The lowest BCUT2D eigenvalue weighted by Crippen LogP contribution is -2.63. The fourth-order valence-electron chi connectivity index (χ4n) is 5.49. The van der Waals surface area contributed by atoms with E-state index in [1.807, 2.05) is 18.2 Å². The van der Waals surface area contributed by atoms with Gasteiger partial charge in [-0.1, -0.05) is 6.07 Å². The van der Waals surface area contributed by atoms with Crippen molar-refractivity contribution in [2.75, 3.05) is 51.2 Å². The Bertz CT molecular complexity index is 994. The maximum Gasteiger partial charge on any atom is 0.324 e. The highest BCUT2D eigenvalue weighted by atomic mass is 19.3. The van der Waals surface area contributed by atoms with E-state index in [0.717, 1.165) is 50.5 Å². The Labute approximate surface area is 187 Å². The summed E-state index contributed by atoms with van der Waals surface area (Å²) in [6.45, 7) is 6.29. The molecule has 2 aromatic rings. The number of benzene rings is 1. The Kier molecular flexibility index (Phi) is 5.57. The molecule has 1 saturated carbocycles. The molecule has 5 rings (SSSR count). The van der Waals surface area contributed by atoms with Gasteiger partial charge in [0.25, 0.3) is 0 Å². The number of likely N-dealkylation sites (N-methyl/N-ethyl adjacent to an activating group) is 1. The summed E-state index contributed by atoms with van der Waals surface area (Å²) in [4.78, 5) is 24.3. The number of nitrogens with zero attached hydrogens (tertiary/aromatic N) is 5. The Morgan fingerprint density at radius 1 is 1.22 bits per heavy atom. The largest absolute Gasteiger partial charge is 0.366 e. The van der Waals surface area contributed by atoms with Gasteiger partial charge in [-0.05, 0) is 37.9 Å². The van der Waals surface area contributed by atoms with Gasteiger partial charge in [0.15, 0.2) is 0 Å². The number of anilines is 1. The molecule has 3 fully saturated rings. The molecule has 32 heavy (non-hydrogen) atoms. The number of imidazole rings is 1. The minimum Gasteiger partial charge on any atom is -0.366 e. The number of piperazine rings is 1. The van der Waals surface area contributed by atoms with Crippen molar-refractivity contribution in [2.24, 2.45) is 11.7 Å². The van der Waals surface area contributed by atoms with Crippen LogP contribution in [-0.4, -0.2) is 83.7 Å². The summed E-state index contributed by atoms with van der Waals surface area (Å²) >= 11 is 0. The molecule has 0 radical (unpaired) electrons. The number of hydrogen-bond acceptors (Lipinski definition) is 5. The third-order valence-corrected chi connectivity index (χ3v) is 7.49. The first-order chi connectivity index (χ1) is 15.3. The van der Waals surface area contributed by atoms with Gasteiger partial charge in [-0.25, -0.2) is 23.1 Å². The van der Waals surface area contributed by atoms with Gasteiger partial charge in [0.2, 0.25) is 5.92 Å². The number of alkyl halides is 2. The highest BCUT2D eigenvalue weighted by molar-refractivity contribution is 5.96. The highest BCUT2D eigenvalue weighted by Gasteiger charge is 2.39. The Morgan fingerprint density at radius 2 is 1.97 bits per heavy atom. The van der Waals surface area contributed by atoms with Crippen molar-refractivity contribution in [2.45, 2.75) is 44.1 Å². The molecule has 7 nitrogen and oxygen atoms in total. The van der Waals surface area contributed by atoms with Crippen LogP contribution in [0.2, 0.25) is 0 Å². The molecule has 3 aliphatic rings. The Balaban J connectivity index is 1.33. The second-order valence-electron chi connectivity index (χ2n) is 9.75. The third-order valence-electron chi connectivity index (χ3n) is 7.49. The number of carbonyl (C=O) groups is 1. The SMILES string of the molecule is CN1CCN(C2CN(c3cccc4c3nc(CCC3CCC(F)(F)C3)n4C(N)=O)C2)CC1. The predicted octanol–water partition coefficient (Wildman–Crippen LogP) is 2.77. The maximum absolute atomic E-state index is 13.6. The summed E-state index contributed by atoms with van der Waals surface area (Å²) in [5.41, 5.74) is 8.18. The number of hydrogen-bond donors (Lipinski definition) is 1. The topological polar surface area (TPSA) is 70.6 Å². The monoisotopic (exact) mass is 446 g/mol.